The number of nitrogens with zero attached hydrogens (tertiary/aromatic N) is 5. The van der Waals surface area contributed by atoms with Crippen LogP contribution in [0.15, 0.2) is 35.3 Å². The molecule has 1 atom stereocenters. The third-order valence-corrected chi connectivity index (χ3v) is 9.06. The van der Waals surface area contributed by atoms with Crippen molar-refractivity contribution in [3.63, 3.8) is 0 Å². The maximum Gasteiger partial charge on any atom is 0.276 e. The van der Waals surface area contributed by atoms with E-state index in [1.165, 1.54) is 24.4 Å². The standard InChI is InChI=1S/C31H35F3N6O/c1-20-22-8-7-9-24(27(22)32)31(33,34)15-21-17-39(18-21)12-5-3-2-4-6-13-40-28-23(26(37-20)16-36-38-28)14-25(29(40)41)30(19-35)10-11-30/h7-9,14,16,20-21,37H,2-6,10-13,15,17-18H2,1H3/t20-/m1/s1. The first kappa shape index (κ1) is 27.7. The summed E-state index contributed by atoms with van der Waals surface area (Å²) in [6.45, 7) is 4.27. The molecule has 216 valence electrons. The monoisotopic (exact) mass is 564 g/mol. The van der Waals surface area contributed by atoms with Crippen molar-refractivity contribution < 1.29 is 13.2 Å². The Morgan fingerprint density at radius 2 is 1.80 bits per heavy atom. The molecule has 5 heterocycles. The van der Waals surface area contributed by atoms with Crippen LogP contribution in [-0.4, -0.2) is 39.3 Å². The summed E-state index contributed by atoms with van der Waals surface area (Å²) < 4.78 is 48.1. The van der Waals surface area contributed by atoms with E-state index in [1.54, 1.807) is 17.6 Å². The number of aromatic nitrogens is 3. The molecule has 7 nitrogen and oxygen atoms in total. The SMILES string of the molecule is C[C@H]1Nc2cnnc3c2cc(C2(C#N)CC2)c(=O)n3CCCCCCCN2CC(C2)CC(F)(F)c2cccc1c2F. The van der Waals surface area contributed by atoms with Crippen molar-refractivity contribution in [3.05, 3.63) is 63.3 Å². The average Bonchev–Trinajstić information content (AvgIpc) is 3.72. The summed E-state index contributed by atoms with van der Waals surface area (Å²) in [5, 5.41) is 22.2. The van der Waals surface area contributed by atoms with E-state index >= 15 is 13.2 Å². The topological polar surface area (TPSA) is 86.8 Å². The van der Waals surface area contributed by atoms with Crippen LogP contribution in [0.5, 0.6) is 0 Å². The molecule has 1 aromatic carbocycles. The number of nitrogens with one attached hydrogen (secondary N) is 1. The number of alkyl halides is 2. The predicted octanol–water partition coefficient (Wildman–Crippen LogP) is 6.04. The fourth-order valence-electron chi connectivity index (χ4n) is 6.48. The molecule has 10 heteroatoms. The van der Waals surface area contributed by atoms with Crippen LogP contribution in [0.25, 0.3) is 11.0 Å². The van der Waals surface area contributed by atoms with E-state index in [4.69, 9.17) is 0 Å². The average molecular weight is 565 g/mol. The van der Waals surface area contributed by atoms with Crippen LogP contribution in [0.4, 0.5) is 18.9 Å². The Kier molecular flexibility index (Phi) is 7.26. The molecule has 1 N–H and O–H groups in total. The number of halogens is 3. The van der Waals surface area contributed by atoms with Gasteiger partial charge in [-0.25, -0.2) is 13.2 Å². The van der Waals surface area contributed by atoms with E-state index in [-0.39, 0.29) is 23.5 Å². The summed E-state index contributed by atoms with van der Waals surface area (Å²) in [7, 11) is 0. The van der Waals surface area contributed by atoms with Crippen molar-refractivity contribution in [2.45, 2.75) is 82.2 Å². The number of hydrogen-bond donors (Lipinski definition) is 1. The molecule has 0 radical (unpaired) electrons. The molecule has 0 unspecified atom stereocenters. The van der Waals surface area contributed by atoms with Crippen LogP contribution in [0.3, 0.4) is 0 Å². The van der Waals surface area contributed by atoms with Gasteiger partial charge in [0.05, 0.1) is 35.0 Å². The van der Waals surface area contributed by atoms with Crippen LogP contribution >= 0.6 is 0 Å². The number of hydrogen-bond acceptors (Lipinski definition) is 6. The van der Waals surface area contributed by atoms with Gasteiger partial charge in [-0.3, -0.25) is 9.36 Å². The van der Waals surface area contributed by atoms with Gasteiger partial charge in [0.15, 0.2) is 5.65 Å². The first-order chi connectivity index (χ1) is 19.7. The lowest BCUT2D eigenvalue weighted by molar-refractivity contribution is -0.0592. The van der Waals surface area contributed by atoms with E-state index in [2.05, 4.69) is 26.5 Å². The molecule has 1 saturated heterocycles. The number of benzene rings is 1. The Hall–Kier alpha value is -3.45. The van der Waals surface area contributed by atoms with E-state index < -0.39 is 28.8 Å². The molecule has 1 aliphatic carbocycles. The Bertz CT molecular complexity index is 1550. The van der Waals surface area contributed by atoms with Crippen molar-refractivity contribution in [1.29, 1.82) is 5.26 Å². The van der Waals surface area contributed by atoms with Gasteiger partial charge in [-0.15, -0.1) is 5.10 Å². The zero-order chi connectivity index (χ0) is 28.8. The third kappa shape index (κ3) is 5.21. The van der Waals surface area contributed by atoms with Crippen LogP contribution in [0.2, 0.25) is 0 Å². The van der Waals surface area contributed by atoms with Crippen molar-refractivity contribution in [2.24, 2.45) is 5.92 Å². The molecule has 7 rings (SSSR count). The van der Waals surface area contributed by atoms with Crippen LogP contribution in [0, 0.1) is 23.1 Å². The predicted molar refractivity (Wildman–Crippen MR) is 150 cm³/mol. The summed E-state index contributed by atoms with van der Waals surface area (Å²) in [6, 6.07) is 7.54. The summed E-state index contributed by atoms with van der Waals surface area (Å²) in [4.78, 5) is 15.8. The number of pyridine rings is 1. The molecule has 3 aromatic rings. The van der Waals surface area contributed by atoms with Crippen molar-refractivity contribution in [1.82, 2.24) is 19.7 Å². The fraction of sp³-hybridized carbons (Fsp3) is 0.548. The van der Waals surface area contributed by atoms with Crippen molar-refractivity contribution in [2.75, 3.05) is 25.0 Å². The quantitative estimate of drug-likeness (QED) is 0.388. The van der Waals surface area contributed by atoms with Gasteiger partial charge >= 0.3 is 0 Å². The minimum atomic E-state index is -3.28. The third-order valence-electron chi connectivity index (χ3n) is 9.06. The molecule has 8 bridgehead atoms. The molecule has 0 spiro atoms. The molecular formula is C31H35F3N6O. The van der Waals surface area contributed by atoms with Crippen LogP contribution < -0.4 is 10.9 Å². The zero-order valence-corrected chi connectivity index (χ0v) is 23.3. The highest BCUT2D eigenvalue weighted by molar-refractivity contribution is 5.89. The Morgan fingerprint density at radius 1 is 1.07 bits per heavy atom. The smallest absolute Gasteiger partial charge is 0.276 e. The molecular weight excluding hydrogens is 529 g/mol. The molecule has 3 aliphatic heterocycles. The van der Waals surface area contributed by atoms with Crippen molar-refractivity contribution >= 4 is 16.7 Å². The first-order valence-corrected chi connectivity index (χ1v) is 14.7. The second-order valence-corrected chi connectivity index (χ2v) is 12.1. The fourth-order valence-corrected chi connectivity index (χ4v) is 6.48. The van der Waals surface area contributed by atoms with E-state index in [9.17, 15) is 10.1 Å². The first-order valence-electron chi connectivity index (χ1n) is 14.7. The van der Waals surface area contributed by atoms with E-state index in [0.717, 1.165) is 38.6 Å². The Labute approximate surface area is 237 Å². The lowest BCUT2D eigenvalue weighted by Crippen LogP contribution is -2.48. The van der Waals surface area contributed by atoms with Crippen molar-refractivity contribution in [3.8, 4) is 6.07 Å². The van der Waals surface area contributed by atoms with Crippen LogP contribution in [-0.2, 0) is 17.9 Å². The molecule has 4 aliphatic rings. The summed E-state index contributed by atoms with van der Waals surface area (Å²) >= 11 is 0. The van der Waals surface area contributed by atoms with Gasteiger partial charge in [0.2, 0.25) is 0 Å². The summed E-state index contributed by atoms with van der Waals surface area (Å²) in [5.41, 5.74) is -0.151. The Balaban J connectivity index is 1.41. The number of aryl methyl sites for hydroxylation is 1. The highest BCUT2D eigenvalue weighted by atomic mass is 19.3. The largest absolute Gasteiger partial charge is 0.377 e. The molecule has 2 aromatic heterocycles. The zero-order valence-electron chi connectivity index (χ0n) is 23.3. The highest BCUT2D eigenvalue weighted by Crippen LogP contribution is 2.47. The van der Waals surface area contributed by atoms with Gasteiger partial charge in [0, 0.05) is 42.6 Å². The lowest BCUT2D eigenvalue weighted by Gasteiger charge is -2.41. The number of nitriles is 1. The van der Waals surface area contributed by atoms with Gasteiger partial charge in [-0.2, -0.15) is 10.4 Å². The maximum absolute atomic E-state index is 15.7. The van der Waals surface area contributed by atoms with Gasteiger partial charge in [0.1, 0.15) is 5.82 Å². The van der Waals surface area contributed by atoms with Gasteiger partial charge in [-0.05, 0) is 51.1 Å². The van der Waals surface area contributed by atoms with Gasteiger partial charge in [0.25, 0.3) is 11.5 Å². The Morgan fingerprint density at radius 3 is 2.54 bits per heavy atom. The number of fused-ring (bicyclic) bond motifs is 8. The molecule has 1 saturated carbocycles. The summed E-state index contributed by atoms with van der Waals surface area (Å²) in [5.74, 6) is -4.35. The lowest BCUT2D eigenvalue weighted by atomic mass is 9.88. The highest BCUT2D eigenvalue weighted by Gasteiger charge is 2.47. The molecule has 0 amide bonds. The second-order valence-electron chi connectivity index (χ2n) is 12.1. The maximum atomic E-state index is 15.7. The second kappa shape index (κ2) is 10.8. The summed E-state index contributed by atoms with van der Waals surface area (Å²) in [6.07, 6.45) is 7.10. The van der Waals surface area contributed by atoms with Gasteiger partial charge < -0.3 is 10.2 Å². The minimum absolute atomic E-state index is 0.123. The van der Waals surface area contributed by atoms with E-state index in [1.807, 2.05) is 0 Å². The normalized spacial score (nSPS) is 25.8. The van der Waals surface area contributed by atoms with Gasteiger partial charge in [-0.1, -0.05) is 37.5 Å². The van der Waals surface area contributed by atoms with Crippen LogP contribution in [0.1, 0.15) is 81.0 Å². The number of anilines is 1. The number of rotatable bonds is 1. The van der Waals surface area contributed by atoms with E-state index in [0.29, 0.717) is 54.8 Å². The molecule has 2 fully saturated rings. The molecule has 41 heavy (non-hydrogen) atoms. The minimum Gasteiger partial charge on any atom is -0.377 e.